The van der Waals surface area contributed by atoms with Crippen molar-refractivity contribution in [1.82, 2.24) is 5.32 Å². The highest BCUT2D eigenvalue weighted by molar-refractivity contribution is 8.15. The molecule has 3 rings (SSSR count). The Morgan fingerprint density at radius 3 is 2.61 bits per heavy atom. The summed E-state index contributed by atoms with van der Waals surface area (Å²) in [6, 6.07) is 17.2. The van der Waals surface area contributed by atoms with Crippen molar-refractivity contribution in [2.45, 2.75) is 11.7 Å². The SMILES string of the molecule is O=C1N/C(=N\N=C\c2ccc(Cl)cc2)S[C@@H]1Cc1ccccc1. The van der Waals surface area contributed by atoms with E-state index in [0.29, 0.717) is 16.6 Å². The molecule has 2 aromatic carbocycles. The number of thioether (sulfide) groups is 1. The van der Waals surface area contributed by atoms with Crippen molar-refractivity contribution in [2.75, 3.05) is 0 Å². The summed E-state index contributed by atoms with van der Waals surface area (Å²) in [6.45, 7) is 0. The average Bonchev–Trinajstić information content (AvgIpc) is 2.90. The van der Waals surface area contributed by atoms with E-state index in [4.69, 9.17) is 11.6 Å². The van der Waals surface area contributed by atoms with Gasteiger partial charge in [-0.15, -0.1) is 5.10 Å². The number of rotatable bonds is 4. The predicted octanol–water partition coefficient (Wildman–Crippen LogP) is 3.50. The second kappa shape index (κ2) is 7.44. The van der Waals surface area contributed by atoms with Gasteiger partial charge in [0.2, 0.25) is 5.91 Å². The largest absolute Gasteiger partial charge is 0.303 e. The molecule has 23 heavy (non-hydrogen) atoms. The fourth-order valence-corrected chi connectivity index (χ4v) is 3.20. The van der Waals surface area contributed by atoms with Crippen LogP contribution in [0.25, 0.3) is 0 Å². The molecule has 6 heteroatoms. The molecule has 1 N–H and O–H groups in total. The van der Waals surface area contributed by atoms with Crippen LogP contribution in [-0.4, -0.2) is 22.5 Å². The van der Waals surface area contributed by atoms with Gasteiger partial charge in [0.15, 0.2) is 5.17 Å². The first-order valence-corrected chi connectivity index (χ1v) is 8.34. The van der Waals surface area contributed by atoms with Crippen LogP contribution in [0.15, 0.2) is 64.8 Å². The maximum atomic E-state index is 12.0. The molecule has 0 unspecified atom stereocenters. The zero-order valence-electron chi connectivity index (χ0n) is 12.1. The molecule has 4 nitrogen and oxygen atoms in total. The highest BCUT2D eigenvalue weighted by atomic mass is 35.5. The van der Waals surface area contributed by atoms with E-state index in [0.717, 1.165) is 11.1 Å². The van der Waals surface area contributed by atoms with Crippen LogP contribution < -0.4 is 5.32 Å². The minimum Gasteiger partial charge on any atom is -0.303 e. The van der Waals surface area contributed by atoms with E-state index in [-0.39, 0.29) is 11.2 Å². The molecule has 1 heterocycles. The average molecular weight is 344 g/mol. The lowest BCUT2D eigenvalue weighted by atomic mass is 10.1. The Labute approximate surface area is 143 Å². The van der Waals surface area contributed by atoms with Gasteiger partial charge in [-0.1, -0.05) is 65.8 Å². The van der Waals surface area contributed by atoms with Crippen LogP contribution in [0, 0.1) is 0 Å². The van der Waals surface area contributed by atoms with E-state index < -0.39 is 0 Å². The Balaban J connectivity index is 1.61. The molecule has 0 saturated carbocycles. The summed E-state index contributed by atoms with van der Waals surface area (Å²) in [7, 11) is 0. The molecule has 1 saturated heterocycles. The second-order valence-corrected chi connectivity index (χ2v) is 6.61. The molecule has 0 bridgehead atoms. The lowest BCUT2D eigenvalue weighted by molar-refractivity contribution is -0.118. The lowest BCUT2D eigenvalue weighted by Gasteiger charge is -2.04. The third kappa shape index (κ3) is 4.43. The van der Waals surface area contributed by atoms with E-state index in [9.17, 15) is 4.79 Å². The van der Waals surface area contributed by atoms with Gasteiger partial charge in [0.05, 0.1) is 11.5 Å². The first-order chi connectivity index (χ1) is 11.2. The molecule has 1 amide bonds. The van der Waals surface area contributed by atoms with Gasteiger partial charge in [-0.25, -0.2) is 0 Å². The number of nitrogens with zero attached hydrogens (tertiary/aromatic N) is 2. The molecular weight excluding hydrogens is 330 g/mol. The third-order valence-corrected chi connectivity index (χ3v) is 4.59. The number of nitrogens with one attached hydrogen (secondary N) is 1. The van der Waals surface area contributed by atoms with Crippen molar-refractivity contribution in [2.24, 2.45) is 10.2 Å². The number of hydrogen-bond donors (Lipinski definition) is 1. The number of carbonyl (C=O) groups excluding carboxylic acids is 1. The van der Waals surface area contributed by atoms with Gasteiger partial charge in [-0.2, -0.15) is 5.10 Å². The fraction of sp³-hybridized carbons (Fsp3) is 0.118. The maximum absolute atomic E-state index is 12.0. The zero-order chi connectivity index (χ0) is 16.1. The third-order valence-electron chi connectivity index (χ3n) is 3.27. The Hall–Kier alpha value is -2.11. The van der Waals surface area contributed by atoms with Crippen LogP contribution in [0.3, 0.4) is 0 Å². The van der Waals surface area contributed by atoms with E-state index in [1.807, 2.05) is 42.5 Å². The van der Waals surface area contributed by atoms with Crippen LogP contribution in [0.5, 0.6) is 0 Å². The Kier molecular flexibility index (Phi) is 5.10. The quantitative estimate of drug-likeness (QED) is 0.682. The molecule has 2 aromatic rings. The Morgan fingerprint density at radius 2 is 1.87 bits per heavy atom. The molecule has 1 atom stereocenters. The number of halogens is 1. The first-order valence-electron chi connectivity index (χ1n) is 7.09. The van der Waals surface area contributed by atoms with Crippen molar-refractivity contribution < 1.29 is 4.79 Å². The van der Waals surface area contributed by atoms with E-state index in [1.165, 1.54) is 11.8 Å². The zero-order valence-corrected chi connectivity index (χ0v) is 13.7. The van der Waals surface area contributed by atoms with Crippen molar-refractivity contribution in [3.05, 3.63) is 70.7 Å². The summed E-state index contributed by atoms with van der Waals surface area (Å²) in [4.78, 5) is 12.0. The molecule has 0 aliphatic carbocycles. The number of amidine groups is 1. The summed E-state index contributed by atoms with van der Waals surface area (Å²) in [5, 5.41) is 11.9. The molecule has 0 aromatic heterocycles. The molecular formula is C17H14ClN3OS. The van der Waals surface area contributed by atoms with Gasteiger partial charge in [-0.3, -0.25) is 4.79 Å². The molecule has 0 spiro atoms. The van der Waals surface area contributed by atoms with Crippen LogP contribution in [0.1, 0.15) is 11.1 Å². The minimum atomic E-state index is -0.165. The number of benzene rings is 2. The van der Waals surface area contributed by atoms with Gasteiger partial charge in [-0.05, 0) is 29.7 Å². The Morgan fingerprint density at radius 1 is 1.13 bits per heavy atom. The summed E-state index contributed by atoms with van der Waals surface area (Å²) in [5.41, 5.74) is 2.03. The van der Waals surface area contributed by atoms with Crippen LogP contribution in [-0.2, 0) is 11.2 Å². The van der Waals surface area contributed by atoms with Crippen molar-refractivity contribution >= 4 is 40.7 Å². The molecule has 1 aliphatic heterocycles. The summed E-state index contributed by atoms with van der Waals surface area (Å²) in [6.07, 6.45) is 2.30. The normalized spacial score (nSPS) is 19.4. The predicted molar refractivity (Wildman–Crippen MR) is 96.1 cm³/mol. The molecule has 1 fully saturated rings. The highest BCUT2D eigenvalue weighted by Gasteiger charge is 2.30. The van der Waals surface area contributed by atoms with Crippen LogP contribution in [0.2, 0.25) is 5.02 Å². The van der Waals surface area contributed by atoms with Crippen molar-refractivity contribution in [3.63, 3.8) is 0 Å². The minimum absolute atomic E-state index is 0.0284. The number of amides is 1. The first kappa shape index (κ1) is 15.8. The van der Waals surface area contributed by atoms with Gasteiger partial charge >= 0.3 is 0 Å². The van der Waals surface area contributed by atoms with Crippen molar-refractivity contribution in [3.8, 4) is 0 Å². The van der Waals surface area contributed by atoms with Gasteiger partial charge < -0.3 is 5.32 Å². The number of hydrogen-bond acceptors (Lipinski definition) is 4. The smallest absolute Gasteiger partial charge is 0.239 e. The van der Waals surface area contributed by atoms with Gasteiger partial charge in [0.1, 0.15) is 0 Å². The van der Waals surface area contributed by atoms with Crippen LogP contribution in [0.4, 0.5) is 0 Å². The standard InChI is InChI=1S/C17H14ClN3OS/c18-14-8-6-13(7-9-14)11-19-21-17-20-16(22)15(23-17)10-12-4-2-1-3-5-12/h1-9,11,15H,10H2,(H,20,21,22)/b19-11+/t15-/m1/s1. The molecule has 0 radical (unpaired) electrons. The Bertz CT molecular complexity index is 744. The summed E-state index contributed by atoms with van der Waals surface area (Å²) >= 11 is 7.23. The van der Waals surface area contributed by atoms with E-state index >= 15 is 0 Å². The van der Waals surface area contributed by atoms with Gasteiger partial charge in [0.25, 0.3) is 0 Å². The van der Waals surface area contributed by atoms with E-state index in [1.54, 1.807) is 18.3 Å². The maximum Gasteiger partial charge on any atom is 0.239 e. The highest BCUT2D eigenvalue weighted by Crippen LogP contribution is 2.23. The van der Waals surface area contributed by atoms with Crippen molar-refractivity contribution in [1.29, 1.82) is 0 Å². The lowest BCUT2D eigenvalue weighted by Crippen LogP contribution is -2.25. The van der Waals surface area contributed by atoms with Gasteiger partial charge in [0, 0.05) is 5.02 Å². The fourth-order valence-electron chi connectivity index (χ4n) is 2.11. The summed E-state index contributed by atoms with van der Waals surface area (Å²) < 4.78 is 0. The topological polar surface area (TPSA) is 53.8 Å². The molecule has 1 aliphatic rings. The van der Waals surface area contributed by atoms with E-state index in [2.05, 4.69) is 15.5 Å². The number of carbonyl (C=O) groups is 1. The monoisotopic (exact) mass is 343 g/mol. The molecule has 116 valence electrons. The van der Waals surface area contributed by atoms with Crippen LogP contribution >= 0.6 is 23.4 Å². The second-order valence-electron chi connectivity index (χ2n) is 4.99. The summed E-state index contributed by atoms with van der Waals surface area (Å²) in [5.74, 6) is -0.0284.